The number of benzene rings is 1. The van der Waals surface area contributed by atoms with Crippen LogP contribution in [0.1, 0.15) is 28.9 Å². The number of carbonyl (C=O) groups is 1. The zero-order valence-electron chi connectivity index (χ0n) is 15.0. The van der Waals surface area contributed by atoms with Crippen molar-refractivity contribution in [2.24, 2.45) is 0 Å². The fraction of sp³-hybridized carbons (Fsp3) is 0.222. The molecule has 4 aromatic rings. The standard InChI is InChI=1S/C18H15ClN4O4S/c1-3-25-17(24)13-8(2)26-16-14(13)15(20)22-12(23-16)7-28-18-21-10-6-9(19)4-5-11(10)27-18/h4-6H,3,7H2,1-2H3,(H2,20,22,23). The number of nitrogen functional groups attached to an aromatic ring is 1. The monoisotopic (exact) mass is 418 g/mol. The fourth-order valence-corrected chi connectivity index (χ4v) is 3.62. The molecule has 2 N–H and O–H groups in total. The maximum Gasteiger partial charge on any atom is 0.342 e. The van der Waals surface area contributed by atoms with Crippen LogP contribution in [-0.4, -0.2) is 27.5 Å². The van der Waals surface area contributed by atoms with E-state index < -0.39 is 5.97 Å². The summed E-state index contributed by atoms with van der Waals surface area (Å²) in [6.45, 7) is 3.63. The molecule has 10 heteroatoms. The van der Waals surface area contributed by atoms with Crippen LogP contribution in [0.5, 0.6) is 0 Å². The van der Waals surface area contributed by atoms with E-state index in [2.05, 4.69) is 15.0 Å². The molecule has 0 spiro atoms. The summed E-state index contributed by atoms with van der Waals surface area (Å²) in [5.41, 5.74) is 7.88. The molecule has 3 heterocycles. The molecule has 4 rings (SSSR count). The highest BCUT2D eigenvalue weighted by Crippen LogP contribution is 2.31. The Hall–Kier alpha value is -2.78. The van der Waals surface area contributed by atoms with Crippen molar-refractivity contribution in [3.8, 4) is 0 Å². The molecule has 0 bridgehead atoms. The first-order chi connectivity index (χ1) is 13.5. The van der Waals surface area contributed by atoms with Crippen molar-refractivity contribution >= 4 is 57.3 Å². The third-order valence-corrected chi connectivity index (χ3v) is 5.00. The molecule has 0 atom stereocenters. The second-order valence-electron chi connectivity index (χ2n) is 5.84. The lowest BCUT2D eigenvalue weighted by Gasteiger charge is -2.03. The van der Waals surface area contributed by atoms with Gasteiger partial charge in [-0.15, -0.1) is 0 Å². The van der Waals surface area contributed by atoms with Crippen molar-refractivity contribution in [3.63, 3.8) is 0 Å². The van der Waals surface area contributed by atoms with E-state index in [0.29, 0.717) is 44.1 Å². The molecule has 0 aliphatic rings. The number of fused-ring (bicyclic) bond motifs is 2. The Morgan fingerprint density at radius 2 is 2.11 bits per heavy atom. The number of nitrogens with zero attached hydrogens (tertiary/aromatic N) is 3. The van der Waals surface area contributed by atoms with Crippen LogP contribution < -0.4 is 5.73 Å². The summed E-state index contributed by atoms with van der Waals surface area (Å²) in [4.78, 5) is 25.2. The summed E-state index contributed by atoms with van der Waals surface area (Å²) in [6.07, 6.45) is 0. The van der Waals surface area contributed by atoms with Crippen molar-refractivity contribution in [1.29, 1.82) is 0 Å². The first-order valence-corrected chi connectivity index (χ1v) is 9.74. The van der Waals surface area contributed by atoms with Gasteiger partial charge in [-0.25, -0.2) is 14.8 Å². The predicted octanol–water partition coefficient (Wildman–Crippen LogP) is 4.38. The van der Waals surface area contributed by atoms with Gasteiger partial charge in [0.1, 0.15) is 28.5 Å². The van der Waals surface area contributed by atoms with Gasteiger partial charge >= 0.3 is 5.97 Å². The van der Waals surface area contributed by atoms with Crippen LogP contribution in [0.25, 0.3) is 22.2 Å². The Bertz CT molecular complexity index is 1200. The molecular weight excluding hydrogens is 404 g/mol. The molecule has 0 aliphatic carbocycles. The Kier molecular flexibility index (Phi) is 4.86. The van der Waals surface area contributed by atoms with Crippen molar-refractivity contribution in [3.05, 3.63) is 40.4 Å². The zero-order valence-corrected chi connectivity index (χ0v) is 16.6. The second kappa shape index (κ2) is 7.33. The number of aromatic nitrogens is 3. The molecule has 3 aromatic heterocycles. The minimum atomic E-state index is -0.513. The number of rotatable bonds is 5. The van der Waals surface area contributed by atoms with Crippen molar-refractivity contribution in [2.75, 3.05) is 12.3 Å². The summed E-state index contributed by atoms with van der Waals surface area (Å²) < 4.78 is 16.3. The summed E-state index contributed by atoms with van der Waals surface area (Å²) in [5, 5.41) is 1.41. The van der Waals surface area contributed by atoms with E-state index in [0.717, 1.165) is 0 Å². The average Bonchev–Trinajstić information content (AvgIpc) is 3.19. The molecule has 28 heavy (non-hydrogen) atoms. The molecular formula is C18H15ClN4O4S. The van der Waals surface area contributed by atoms with Gasteiger partial charge < -0.3 is 19.3 Å². The van der Waals surface area contributed by atoms with E-state index in [1.165, 1.54) is 11.8 Å². The molecule has 1 aromatic carbocycles. The van der Waals surface area contributed by atoms with Crippen LogP contribution in [0, 0.1) is 6.92 Å². The SMILES string of the molecule is CCOC(=O)c1c(C)oc2nc(CSc3nc4cc(Cl)ccc4o3)nc(N)c12. The molecule has 8 nitrogen and oxygen atoms in total. The zero-order chi connectivity index (χ0) is 19.8. The van der Waals surface area contributed by atoms with E-state index >= 15 is 0 Å². The van der Waals surface area contributed by atoms with Crippen molar-refractivity contribution in [2.45, 2.75) is 24.8 Å². The maximum absolute atomic E-state index is 12.2. The quantitative estimate of drug-likeness (QED) is 0.372. The number of anilines is 1. The molecule has 0 amide bonds. The maximum atomic E-state index is 12.2. The van der Waals surface area contributed by atoms with Crippen molar-refractivity contribution in [1.82, 2.24) is 15.0 Å². The molecule has 144 valence electrons. The van der Waals surface area contributed by atoms with Crippen LogP contribution in [-0.2, 0) is 10.5 Å². The molecule has 0 fully saturated rings. The van der Waals surface area contributed by atoms with Crippen LogP contribution in [0.4, 0.5) is 5.82 Å². The number of furan rings is 1. The smallest absolute Gasteiger partial charge is 0.342 e. The third kappa shape index (κ3) is 3.38. The molecule has 0 saturated carbocycles. The van der Waals surface area contributed by atoms with Crippen molar-refractivity contribution < 1.29 is 18.4 Å². The second-order valence-corrected chi connectivity index (χ2v) is 7.20. The molecule has 0 unspecified atom stereocenters. The van der Waals surface area contributed by atoms with Crippen LogP contribution >= 0.6 is 23.4 Å². The highest BCUT2D eigenvalue weighted by molar-refractivity contribution is 7.98. The van der Waals surface area contributed by atoms with E-state index in [-0.39, 0.29) is 23.7 Å². The fourth-order valence-electron chi connectivity index (χ4n) is 2.76. The van der Waals surface area contributed by atoms with Crippen LogP contribution in [0.15, 0.2) is 32.3 Å². The number of hydrogen-bond acceptors (Lipinski definition) is 9. The van der Waals surface area contributed by atoms with Gasteiger partial charge in [0.25, 0.3) is 5.22 Å². The van der Waals surface area contributed by atoms with Gasteiger partial charge in [-0.3, -0.25) is 0 Å². The third-order valence-electron chi connectivity index (χ3n) is 3.94. The number of oxazole rings is 1. The first kappa shape index (κ1) is 18.6. The first-order valence-electron chi connectivity index (χ1n) is 8.37. The Morgan fingerprint density at radius 3 is 2.89 bits per heavy atom. The normalized spacial score (nSPS) is 11.4. The number of esters is 1. The Balaban J connectivity index is 1.61. The van der Waals surface area contributed by atoms with Gasteiger partial charge in [-0.1, -0.05) is 23.4 Å². The lowest BCUT2D eigenvalue weighted by atomic mass is 10.2. The van der Waals surface area contributed by atoms with Gasteiger partial charge in [0.2, 0.25) is 5.71 Å². The van der Waals surface area contributed by atoms with Crippen LogP contribution in [0.2, 0.25) is 5.02 Å². The lowest BCUT2D eigenvalue weighted by Crippen LogP contribution is -2.07. The minimum absolute atomic E-state index is 0.157. The molecule has 0 saturated heterocycles. The van der Waals surface area contributed by atoms with E-state index in [4.69, 9.17) is 30.9 Å². The number of aryl methyl sites for hydroxylation is 1. The van der Waals surface area contributed by atoms with Gasteiger partial charge in [-0.05, 0) is 32.0 Å². The van der Waals surface area contributed by atoms with Gasteiger partial charge in [0.15, 0.2) is 5.58 Å². The van der Waals surface area contributed by atoms with E-state index in [1.54, 1.807) is 32.0 Å². The van der Waals surface area contributed by atoms with E-state index in [1.807, 2.05) is 0 Å². The summed E-state index contributed by atoms with van der Waals surface area (Å²) in [6, 6.07) is 5.23. The minimum Gasteiger partial charge on any atom is -0.462 e. The van der Waals surface area contributed by atoms with Gasteiger partial charge in [0.05, 0.1) is 17.7 Å². The number of carbonyl (C=O) groups excluding carboxylic acids is 1. The number of ether oxygens (including phenoxy) is 1. The molecule has 0 aliphatic heterocycles. The summed E-state index contributed by atoms with van der Waals surface area (Å²) in [7, 11) is 0. The van der Waals surface area contributed by atoms with Crippen LogP contribution in [0.3, 0.4) is 0 Å². The number of halogens is 1. The number of thioether (sulfide) groups is 1. The highest BCUT2D eigenvalue weighted by Gasteiger charge is 2.24. The van der Waals surface area contributed by atoms with Gasteiger partial charge in [0, 0.05) is 5.02 Å². The topological polar surface area (TPSA) is 117 Å². The highest BCUT2D eigenvalue weighted by atomic mass is 35.5. The predicted molar refractivity (Wildman–Crippen MR) is 105 cm³/mol. The number of nitrogens with two attached hydrogens (primary N) is 1. The van der Waals surface area contributed by atoms with E-state index in [9.17, 15) is 4.79 Å². The Morgan fingerprint density at radius 1 is 1.29 bits per heavy atom. The largest absolute Gasteiger partial charge is 0.462 e. The lowest BCUT2D eigenvalue weighted by molar-refractivity contribution is 0.0526. The summed E-state index contributed by atoms with van der Waals surface area (Å²) in [5.74, 6) is 0.815. The van der Waals surface area contributed by atoms with Gasteiger partial charge in [-0.2, -0.15) is 4.98 Å². The number of hydrogen-bond donors (Lipinski definition) is 1. The summed E-state index contributed by atoms with van der Waals surface area (Å²) >= 11 is 7.28. The Labute approximate surface area is 168 Å². The average molecular weight is 419 g/mol. The molecule has 0 radical (unpaired) electrons.